The zero-order chi connectivity index (χ0) is 10.3. The van der Waals surface area contributed by atoms with Crippen molar-refractivity contribution in [3.63, 3.8) is 0 Å². The van der Waals surface area contributed by atoms with Gasteiger partial charge in [-0.05, 0) is 18.9 Å². The van der Waals surface area contributed by atoms with Gasteiger partial charge in [0.25, 0.3) is 0 Å². The minimum atomic E-state index is -0.840. The lowest BCUT2D eigenvalue weighted by atomic mass is 10.1. The molecule has 0 aromatic heterocycles. The summed E-state index contributed by atoms with van der Waals surface area (Å²) in [6, 6.07) is 0. The van der Waals surface area contributed by atoms with Crippen molar-refractivity contribution in [2.45, 2.75) is 20.3 Å². The summed E-state index contributed by atoms with van der Waals surface area (Å²) in [6.45, 7) is 3.93. The van der Waals surface area contributed by atoms with Crippen LogP contribution in [0, 0.1) is 5.92 Å². The SMILES string of the molecule is CC=CC(=O)NCC(C)CC(=O)O. The number of hydrogen-bond acceptors (Lipinski definition) is 2. The van der Waals surface area contributed by atoms with Crippen molar-refractivity contribution in [1.29, 1.82) is 0 Å². The highest BCUT2D eigenvalue weighted by atomic mass is 16.4. The summed E-state index contributed by atoms with van der Waals surface area (Å²) in [5.74, 6) is -1.06. The van der Waals surface area contributed by atoms with Gasteiger partial charge in [0.05, 0.1) is 0 Å². The Hall–Kier alpha value is -1.32. The summed E-state index contributed by atoms with van der Waals surface area (Å²) in [6.07, 6.45) is 3.13. The number of aliphatic carboxylic acids is 1. The third-order valence-electron chi connectivity index (χ3n) is 1.47. The standard InChI is InChI=1S/C9H15NO3/c1-3-4-8(11)10-6-7(2)5-9(12)13/h3-4,7H,5-6H2,1-2H3,(H,10,11)(H,12,13). The molecule has 0 saturated heterocycles. The zero-order valence-electron chi connectivity index (χ0n) is 7.91. The Bertz CT molecular complexity index is 211. The maximum atomic E-state index is 10.9. The molecule has 13 heavy (non-hydrogen) atoms. The first-order chi connectivity index (χ1) is 6.06. The summed E-state index contributed by atoms with van der Waals surface area (Å²) >= 11 is 0. The fourth-order valence-electron chi connectivity index (χ4n) is 0.855. The highest BCUT2D eigenvalue weighted by Gasteiger charge is 2.07. The molecule has 0 aliphatic carbocycles. The van der Waals surface area contributed by atoms with Crippen LogP contribution in [0.2, 0.25) is 0 Å². The molecule has 0 radical (unpaired) electrons. The second kappa shape index (κ2) is 6.22. The summed E-state index contributed by atoms with van der Waals surface area (Å²) in [7, 11) is 0. The minimum Gasteiger partial charge on any atom is -0.481 e. The number of carboxylic acid groups (broad SMARTS) is 1. The van der Waals surface area contributed by atoms with Gasteiger partial charge in [0.1, 0.15) is 0 Å². The second-order valence-electron chi connectivity index (χ2n) is 2.95. The quantitative estimate of drug-likeness (QED) is 0.622. The maximum Gasteiger partial charge on any atom is 0.303 e. The molecule has 2 N–H and O–H groups in total. The van der Waals surface area contributed by atoms with Crippen LogP contribution in [0.25, 0.3) is 0 Å². The van der Waals surface area contributed by atoms with Gasteiger partial charge in [-0.3, -0.25) is 9.59 Å². The van der Waals surface area contributed by atoms with Crippen LogP contribution >= 0.6 is 0 Å². The van der Waals surface area contributed by atoms with Crippen molar-refractivity contribution < 1.29 is 14.7 Å². The predicted octanol–water partition coefficient (Wildman–Crippen LogP) is 0.790. The van der Waals surface area contributed by atoms with Gasteiger partial charge in [-0.15, -0.1) is 0 Å². The number of carbonyl (C=O) groups is 2. The minimum absolute atomic E-state index is 0.0355. The summed E-state index contributed by atoms with van der Waals surface area (Å²) in [4.78, 5) is 21.1. The first kappa shape index (κ1) is 11.7. The molecule has 1 unspecified atom stereocenters. The van der Waals surface area contributed by atoms with Crippen molar-refractivity contribution in [1.82, 2.24) is 5.32 Å². The lowest BCUT2D eigenvalue weighted by molar-refractivity contribution is -0.138. The van der Waals surface area contributed by atoms with Crippen molar-refractivity contribution in [3.8, 4) is 0 Å². The Kier molecular flexibility index (Phi) is 5.59. The molecule has 0 aliphatic rings. The normalized spacial score (nSPS) is 12.8. The van der Waals surface area contributed by atoms with Crippen molar-refractivity contribution in [3.05, 3.63) is 12.2 Å². The topological polar surface area (TPSA) is 66.4 Å². The van der Waals surface area contributed by atoms with Crippen LogP contribution in [0.1, 0.15) is 20.3 Å². The summed E-state index contributed by atoms with van der Waals surface area (Å²) < 4.78 is 0. The Morgan fingerprint density at radius 2 is 2.15 bits per heavy atom. The van der Waals surface area contributed by atoms with Crippen LogP contribution in [0.4, 0.5) is 0 Å². The Labute approximate surface area is 77.6 Å². The monoisotopic (exact) mass is 185 g/mol. The van der Waals surface area contributed by atoms with Gasteiger partial charge in [0.15, 0.2) is 0 Å². The number of amides is 1. The zero-order valence-corrected chi connectivity index (χ0v) is 7.91. The predicted molar refractivity (Wildman–Crippen MR) is 49.2 cm³/mol. The van der Waals surface area contributed by atoms with E-state index in [0.717, 1.165) is 0 Å². The van der Waals surface area contributed by atoms with E-state index >= 15 is 0 Å². The Morgan fingerprint density at radius 1 is 1.54 bits per heavy atom. The van der Waals surface area contributed by atoms with Crippen molar-refractivity contribution in [2.75, 3.05) is 6.54 Å². The summed E-state index contributed by atoms with van der Waals surface area (Å²) in [5, 5.41) is 11.0. The van der Waals surface area contributed by atoms with E-state index in [4.69, 9.17) is 5.11 Å². The molecule has 0 saturated carbocycles. The highest BCUT2D eigenvalue weighted by Crippen LogP contribution is 1.98. The van der Waals surface area contributed by atoms with Crippen LogP contribution in [-0.2, 0) is 9.59 Å². The highest BCUT2D eigenvalue weighted by molar-refractivity contribution is 5.87. The second-order valence-corrected chi connectivity index (χ2v) is 2.95. The lowest BCUT2D eigenvalue weighted by Gasteiger charge is -2.08. The molecule has 0 rings (SSSR count). The van der Waals surface area contributed by atoms with Crippen molar-refractivity contribution >= 4 is 11.9 Å². The molecular weight excluding hydrogens is 170 g/mol. The average molecular weight is 185 g/mol. The third-order valence-corrected chi connectivity index (χ3v) is 1.47. The fraction of sp³-hybridized carbons (Fsp3) is 0.556. The van der Waals surface area contributed by atoms with Crippen LogP contribution in [0.5, 0.6) is 0 Å². The van der Waals surface area contributed by atoms with E-state index in [2.05, 4.69) is 5.32 Å². The van der Waals surface area contributed by atoms with E-state index in [1.54, 1.807) is 19.9 Å². The number of rotatable bonds is 5. The molecule has 0 aromatic rings. The van der Waals surface area contributed by atoms with Gasteiger partial charge in [-0.2, -0.15) is 0 Å². The van der Waals surface area contributed by atoms with E-state index in [1.807, 2.05) is 0 Å². The Balaban J connectivity index is 3.63. The molecule has 1 atom stereocenters. The largest absolute Gasteiger partial charge is 0.481 e. The number of allylic oxidation sites excluding steroid dienone is 1. The van der Waals surface area contributed by atoms with E-state index in [-0.39, 0.29) is 18.2 Å². The number of nitrogens with one attached hydrogen (secondary N) is 1. The number of hydrogen-bond donors (Lipinski definition) is 2. The summed E-state index contributed by atoms with van der Waals surface area (Å²) in [5.41, 5.74) is 0. The van der Waals surface area contributed by atoms with E-state index in [0.29, 0.717) is 6.54 Å². The lowest BCUT2D eigenvalue weighted by Crippen LogP contribution is -2.27. The Morgan fingerprint density at radius 3 is 2.62 bits per heavy atom. The first-order valence-electron chi connectivity index (χ1n) is 4.18. The molecule has 0 aliphatic heterocycles. The third kappa shape index (κ3) is 7.05. The van der Waals surface area contributed by atoms with Crippen LogP contribution in [0.3, 0.4) is 0 Å². The average Bonchev–Trinajstić information content (AvgIpc) is 2.00. The maximum absolute atomic E-state index is 10.9. The smallest absolute Gasteiger partial charge is 0.303 e. The molecule has 0 fully saturated rings. The van der Waals surface area contributed by atoms with Gasteiger partial charge in [-0.25, -0.2) is 0 Å². The van der Waals surface area contributed by atoms with Gasteiger partial charge in [-0.1, -0.05) is 13.0 Å². The fourth-order valence-corrected chi connectivity index (χ4v) is 0.855. The van der Waals surface area contributed by atoms with Gasteiger partial charge in [0.2, 0.25) is 5.91 Å². The van der Waals surface area contributed by atoms with E-state index < -0.39 is 5.97 Å². The molecule has 1 amide bonds. The number of carbonyl (C=O) groups excluding carboxylic acids is 1. The van der Waals surface area contributed by atoms with Gasteiger partial charge >= 0.3 is 5.97 Å². The molecule has 74 valence electrons. The molecule has 0 heterocycles. The molecule has 0 aromatic carbocycles. The van der Waals surface area contributed by atoms with Gasteiger partial charge in [0, 0.05) is 13.0 Å². The van der Waals surface area contributed by atoms with Crippen LogP contribution in [-0.4, -0.2) is 23.5 Å². The molecule has 0 spiro atoms. The van der Waals surface area contributed by atoms with Gasteiger partial charge < -0.3 is 10.4 Å². The van der Waals surface area contributed by atoms with Crippen LogP contribution in [0.15, 0.2) is 12.2 Å². The molecule has 4 heteroatoms. The molecule has 0 bridgehead atoms. The first-order valence-corrected chi connectivity index (χ1v) is 4.18. The van der Waals surface area contributed by atoms with E-state index in [1.165, 1.54) is 6.08 Å². The molecule has 4 nitrogen and oxygen atoms in total. The van der Waals surface area contributed by atoms with Crippen LogP contribution < -0.4 is 5.32 Å². The van der Waals surface area contributed by atoms with Crippen molar-refractivity contribution in [2.24, 2.45) is 5.92 Å². The van der Waals surface area contributed by atoms with E-state index in [9.17, 15) is 9.59 Å². The molecular formula is C9H15NO3. The number of carboxylic acids is 1.